The predicted molar refractivity (Wildman–Crippen MR) is 54.0 cm³/mol. The molecular formula is C8H17NO5S. The minimum Gasteiger partial charge on any atom is -0.393 e. The molecule has 0 spiro atoms. The van der Waals surface area contributed by atoms with Crippen molar-refractivity contribution in [1.82, 2.24) is 4.90 Å². The van der Waals surface area contributed by atoms with E-state index in [1.807, 2.05) is 0 Å². The number of aliphatic hydroxyl groups excluding tert-OH is 1. The smallest absolute Gasteiger partial charge is 0.393 e. The third kappa shape index (κ3) is 4.43. The van der Waals surface area contributed by atoms with Gasteiger partial charge in [0.25, 0.3) is 0 Å². The average Bonchev–Trinajstić information content (AvgIpc) is 2.32. The van der Waals surface area contributed by atoms with E-state index in [1.165, 1.54) is 12.8 Å². The van der Waals surface area contributed by atoms with Gasteiger partial charge in [0.2, 0.25) is 0 Å². The van der Waals surface area contributed by atoms with Gasteiger partial charge in [-0.3, -0.25) is 9.11 Å². The zero-order chi connectivity index (χ0) is 11.6. The summed E-state index contributed by atoms with van der Waals surface area (Å²) in [6.07, 6.45) is 4.62. The Hall–Kier alpha value is -0.210. The molecule has 90 valence electrons. The quantitative estimate of drug-likeness (QED) is 0.513. The van der Waals surface area contributed by atoms with Crippen molar-refractivity contribution in [3.05, 3.63) is 0 Å². The van der Waals surface area contributed by atoms with Crippen LogP contribution in [-0.4, -0.2) is 52.8 Å². The van der Waals surface area contributed by atoms with Gasteiger partial charge in [0, 0.05) is 12.1 Å². The summed E-state index contributed by atoms with van der Waals surface area (Å²) >= 11 is 0. The van der Waals surface area contributed by atoms with Crippen molar-refractivity contribution in [1.29, 1.82) is 0 Å². The summed E-state index contributed by atoms with van der Waals surface area (Å²) in [4.78, 5) is 2.44. The van der Waals surface area contributed by atoms with Crippen LogP contribution in [0, 0.1) is 0 Å². The zero-order valence-corrected chi connectivity index (χ0v) is 9.39. The molecule has 0 aliphatic carbocycles. The Balaban J connectivity index is 0.000000195. The summed E-state index contributed by atoms with van der Waals surface area (Å²) < 4.78 is 31.6. The molecule has 0 aromatic heterocycles. The van der Waals surface area contributed by atoms with E-state index < -0.39 is 10.4 Å². The van der Waals surface area contributed by atoms with E-state index in [-0.39, 0.29) is 6.10 Å². The Labute approximate surface area is 89.5 Å². The van der Waals surface area contributed by atoms with Gasteiger partial charge >= 0.3 is 10.4 Å². The van der Waals surface area contributed by atoms with Crippen LogP contribution in [0.25, 0.3) is 0 Å². The summed E-state index contributed by atoms with van der Waals surface area (Å²) in [7, 11) is -2.48. The highest BCUT2D eigenvalue weighted by molar-refractivity contribution is 7.79. The van der Waals surface area contributed by atoms with Crippen molar-refractivity contribution in [2.45, 2.75) is 43.9 Å². The first-order chi connectivity index (χ1) is 6.77. The van der Waals surface area contributed by atoms with E-state index >= 15 is 0 Å². The minimum absolute atomic E-state index is 0.00583. The summed E-state index contributed by atoms with van der Waals surface area (Å²) in [6, 6.07) is 1.38. The standard InChI is InChI=1S/C8H15NO.H2O4S/c1-9-6-2-3-7(9)5-8(10)4-6;1-5(2,3)4/h6-8,10H,2-5H2,1H3;(H2,1,2,3,4)/t6-,7+,8+;. The fourth-order valence-corrected chi connectivity index (χ4v) is 2.38. The maximum atomic E-state index is 9.38. The molecule has 0 amide bonds. The van der Waals surface area contributed by atoms with Gasteiger partial charge in [-0.1, -0.05) is 0 Å². The Morgan fingerprint density at radius 2 is 1.47 bits per heavy atom. The molecule has 2 fully saturated rings. The van der Waals surface area contributed by atoms with Crippen molar-refractivity contribution in [3.8, 4) is 0 Å². The van der Waals surface area contributed by atoms with Crippen LogP contribution in [0.15, 0.2) is 0 Å². The number of hydrogen-bond donors (Lipinski definition) is 3. The largest absolute Gasteiger partial charge is 0.394 e. The molecule has 0 unspecified atom stereocenters. The van der Waals surface area contributed by atoms with Gasteiger partial charge in [-0.05, 0) is 32.7 Å². The molecular weight excluding hydrogens is 222 g/mol. The number of nitrogens with zero attached hydrogens (tertiary/aromatic N) is 1. The SMILES string of the molecule is CN1[C@@H]2CC[C@H]1C[C@@H](O)C2.O=S(=O)(O)O. The Kier molecular flexibility index (Phi) is 4.07. The molecule has 0 saturated carbocycles. The van der Waals surface area contributed by atoms with E-state index in [1.54, 1.807) is 0 Å². The van der Waals surface area contributed by atoms with Crippen LogP contribution >= 0.6 is 0 Å². The number of aliphatic hydroxyl groups is 1. The van der Waals surface area contributed by atoms with Crippen molar-refractivity contribution >= 4 is 10.4 Å². The molecule has 2 aliphatic heterocycles. The lowest BCUT2D eigenvalue weighted by molar-refractivity contribution is 0.0503. The molecule has 3 atom stereocenters. The first-order valence-corrected chi connectivity index (χ1v) is 6.27. The maximum absolute atomic E-state index is 9.38. The molecule has 2 saturated heterocycles. The highest BCUT2D eigenvalue weighted by Gasteiger charge is 2.37. The van der Waals surface area contributed by atoms with Gasteiger partial charge in [-0.2, -0.15) is 8.42 Å². The zero-order valence-electron chi connectivity index (χ0n) is 8.57. The van der Waals surface area contributed by atoms with E-state index in [0.29, 0.717) is 12.1 Å². The number of hydrogen-bond acceptors (Lipinski definition) is 4. The Morgan fingerprint density at radius 1 is 1.13 bits per heavy atom. The van der Waals surface area contributed by atoms with Gasteiger partial charge in [0.1, 0.15) is 0 Å². The summed E-state index contributed by atoms with van der Waals surface area (Å²) in [5.74, 6) is 0. The van der Waals surface area contributed by atoms with Gasteiger partial charge in [0.15, 0.2) is 0 Å². The van der Waals surface area contributed by atoms with E-state index in [2.05, 4.69) is 11.9 Å². The second-order valence-electron chi connectivity index (χ2n) is 4.12. The van der Waals surface area contributed by atoms with Crippen LogP contribution in [0.3, 0.4) is 0 Å². The minimum atomic E-state index is -4.67. The summed E-state index contributed by atoms with van der Waals surface area (Å²) in [6.45, 7) is 0. The molecule has 15 heavy (non-hydrogen) atoms. The van der Waals surface area contributed by atoms with Gasteiger partial charge in [-0.15, -0.1) is 0 Å². The lowest BCUT2D eigenvalue weighted by Gasteiger charge is -2.33. The molecule has 2 aliphatic rings. The van der Waals surface area contributed by atoms with Gasteiger partial charge in [-0.25, -0.2) is 0 Å². The second-order valence-corrected chi connectivity index (χ2v) is 5.02. The average molecular weight is 239 g/mol. The molecule has 3 N–H and O–H groups in total. The van der Waals surface area contributed by atoms with E-state index in [9.17, 15) is 5.11 Å². The monoisotopic (exact) mass is 239 g/mol. The van der Waals surface area contributed by atoms with Gasteiger partial charge in [0.05, 0.1) is 6.10 Å². The van der Waals surface area contributed by atoms with Crippen LogP contribution in [-0.2, 0) is 10.4 Å². The van der Waals surface area contributed by atoms with Crippen LogP contribution in [0.1, 0.15) is 25.7 Å². The lowest BCUT2D eigenvalue weighted by Crippen LogP contribution is -2.41. The van der Waals surface area contributed by atoms with Crippen LogP contribution in [0.2, 0.25) is 0 Å². The topological polar surface area (TPSA) is 98.1 Å². The Bertz CT molecular complexity index is 282. The van der Waals surface area contributed by atoms with Gasteiger partial charge < -0.3 is 10.0 Å². The molecule has 0 aromatic rings. The molecule has 0 radical (unpaired) electrons. The first kappa shape index (κ1) is 12.9. The molecule has 2 bridgehead atoms. The fraction of sp³-hybridized carbons (Fsp3) is 1.00. The van der Waals surface area contributed by atoms with E-state index in [0.717, 1.165) is 12.8 Å². The van der Waals surface area contributed by atoms with Crippen molar-refractivity contribution < 1.29 is 22.6 Å². The molecule has 2 rings (SSSR count). The number of rotatable bonds is 0. The molecule has 2 heterocycles. The highest BCUT2D eigenvalue weighted by Crippen LogP contribution is 2.33. The number of fused-ring (bicyclic) bond motifs is 2. The molecule has 7 heteroatoms. The summed E-state index contributed by atoms with van der Waals surface area (Å²) in [5, 5.41) is 9.38. The normalized spacial score (nSPS) is 35.9. The second kappa shape index (κ2) is 4.75. The van der Waals surface area contributed by atoms with Crippen molar-refractivity contribution in [3.63, 3.8) is 0 Å². The lowest BCUT2D eigenvalue weighted by atomic mass is 10.0. The third-order valence-corrected chi connectivity index (χ3v) is 3.07. The summed E-state index contributed by atoms with van der Waals surface area (Å²) in [5.41, 5.74) is 0. The fourth-order valence-electron chi connectivity index (χ4n) is 2.38. The molecule has 0 aromatic carbocycles. The Morgan fingerprint density at radius 3 is 1.80 bits per heavy atom. The van der Waals surface area contributed by atoms with Crippen LogP contribution in [0.5, 0.6) is 0 Å². The van der Waals surface area contributed by atoms with Crippen LogP contribution < -0.4 is 0 Å². The van der Waals surface area contributed by atoms with Crippen molar-refractivity contribution in [2.75, 3.05) is 7.05 Å². The predicted octanol–water partition coefficient (Wildman–Crippen LogP) is -0.0489. The first-order valence-electron chi connectivity index (χ1n) is 4.87. The van der Waals surface area contributed by atoms with Crippen LogP contribution in [0.4, 0.5) is 0 Å². The molecule has 6 nitrogen and oxygen atoms in total. The van der Waals surface area contributed by atoms with Crippen molar-refractivity contribution in [2.24, 2.45) is 0 Å². The number of piperidine rings is 1. The van der Waals surface area contributed by atoms with E-state index in [4.69, 9.17) is 17.5 Å². The highest BCUT2D eigenvalue weighted by atomic mass is 32.3. The maximum Gasteiger partial charge on any atom is 0.394 e. The third-order valence-electron chi connectivity index (χ3n) is 3.07.